The molecule has 2 fully saturated rings. The van der Waals surface area contributed by atoms with Crippen molar-refractivity contribution in [3.8, 4) is 57.0 Å². The van der Waals surface area contributed by atoms with Crippen LogP contribution >= 0.6 is 46.4 Å². The van der Waals surface area contributed by atoms with E-state index in [1.54, 1.807) is 78.0 Å². The Balaban J connectivity index is 0.000000214. The van der Waals surface area contributed by atoms with E-state index < -0.39 is 15.4 Å². The summed E-state index contributed by atoms with van der Waals surface area (Å²) in [6.45, 7) is 9.03. The fourth-order valence-corrected chi connectivity index (χ4v) is 10.5. The van der Waals surface area contributed by atoms with Crippen LogP contribution in [0.1, 0.15) is 43.3 Å². The van der Waals surface area contributed by atoms with Crippen LogP contribution in [0.15, 0.2) is 110 Å². The van der Waals surface area contributed by atoms with E-state index in [0.29, 0.717) is 135 Å². The van der Waals surface area contributed by atoms with Crippen molar-refractivity contribution in [2.24, 2.45) is 11.8 Å². The molecule has 0 unspecified atom stereocenters. The summed E-state index contributed by atoms with van der Waals surface area (Å²) in [5, 5.41) is 34.4. The van der Waals surface area contributed by atoms with Crippen LogP contribution < -0.4 is 44.4 Å². The molecule has 0 atom stereocenters. The quantitative estimate of drug-likeness (QED) is 0.0420. The number of nitrogens with zero attached hydrogens (tertiary/aromatic N) is 9. The van der Waals surface area contributed by atoms with Crippen molar-refractivity contribution in [2.75, 3.05) is 78.5 Å². The Labute approximate surface area is 531 Å². The maximum absolute atomic E-state index is 12.2. The molecule has 0 aliphatic carbocycles. The zero-order valence-corrected chi connectivity index (χ0v) is 52.2. The SMILES string of the molecule is COc1cc(OC)c(Cl)c(Nc2ncccc2-c2cc(Cc3ccc(OCC4CN(C(=O)OC(C)(C)C)C4)cc3[N+](=O)[O-])ncn2)c1Cl.COc1cc(OC)c(Cl)c(Nc2ncccc2-c2cc(Cc3ccc(OCC4CNC4)cc3[N+](=O)[O-])ncn2)c1Cl. The molecule has 89 heavy (non-hydrogen) atoms. The van der Waals surface area contributed by atoms with Gasteiger partial charge >= 0.3 is 6.09 Å². The molecule has 464 valence electrons. The lowest BCUT2D eigenvalue weighted by atomic mass is 10.0. The Morgan fingerprint density at radius 1 is 0.596 bits per heavy atom. The molecule has 10 rings (SSSR count). The van der Waals surface area contributed by atoms with Crippen LogP contribution in [0, 0.1) is 32.1 Å². The lowest BCUT2D eigenvalue weighted by Gasteiger charge is -2.39. The normalized spacial score (nSPS) is 13.0. The van der Waals surface area contributed by atoms with Crippen LogP contribution in [0.2, 0.25) is 20.1 Å². The van der Waals surface area contributed by atoms with Gasteiger partial charge in [-0.15, -0.1) is 0 Å². The van der Waals surface area contributed by atoms with E-state index in [1.807, 2.05) is 32.9 Å². The molecule has 4 aromatic carbocycles. The number of halogens is 4. The fourth-order valence-electron chi connectivity index (χ4n) is 9.28. The molecule has 0 radical (unpaired) electrons. The van der Waals surface area contributed by atoms with E-state index in [0.717, 1.165) is 13.1 Å². The first-order valence-corrected chi connectivity index (χ1v) is 29.0. The van der Waals surface area contributed by atoms with E-state index in [2.05, 4.69) is 45.9 Å². The average molecular weight is 1300 g/mol. The number of ether oxygens (including phenoxy) is 7. The summed E-state index contributed by atoms with van der Waals surface area (Å²) in [4.78, 5) is 63.4. The first-order chi connectivity index (χ1) is 42.7. The van der Waals surface area contributed by atoms with E-state index in [4.69, 9.17) is 79.6 Å². The number of likely N-dealkylation sites (tertiary alicyclic amines) is 1. The highest BCUT2D eigenvalue weighted by Crippen LogP contribution is 2.48. The van der Waals surface area contributed by atoms with Crippen molar-refractivity contribution in [1.82, 2.24) is 40.1 Å². The van der Waals surface area contributed by atoms with Gasteiger partial charge in [-0.3, -0.25) is 20.2 Å². The van der Waals surface area contributed by atoms with Gasteiger partial charge in [0.05, 0.1) is 86.4 Å². The standard InChI is InChI=1S/C33H34Cl2N6O7.C28H26Cl2N6O5/c1-33(2,3)48-32(42)40-15-19(16-40)17-47-22-9-8-20(25(13-22)41(43)44)11-21-12-24(38-18-37-21)23-7-6-10-36-31(23)39-30-28(34)26(45-4)14-27(46-5)29(30)35;1-39-23-11-24(40-2)26(30)27(25(23)29)35-28-20(4-3-7-32-28)21-9-18(33-15-34-21)8-17-5-6-19(10-22(17)36(37)38)41-14-16-12-31-13-16/h6-10,12-14,18-19H,11,15-17H2,1-5H3,(H,36,39);3-7,9-11,15-16,31H,8,12-14H2,1-2H3,(H,32,35). The minimum absolute atomic E-state index is 0.0330. The van der Waals surface area contributed by atoms with E-state index in [1.165, 1.54) is 53.2 Å². The monoisotopic (exact) mass is 1290 g/mol. The summed E-state index contributed by atoms with van der Waals surface area (Å²) in [5.41, 5.74) is 4.36. The summed E-state index contributed by atoms with van der Waals surface area (Å²) in [6, 6.07) is 23.5. The van der Waals surface area contributed by atoms with E-state index >= 15 is 0 Å². The Morgan fingerprint density at radius 2 is 1.01 bits per heavy atom. The minimum atomic E-state index is -0.568. The number of nitro groups is 2. The van der Waals surface area contributed by atoms with Gasteiger partial charge in [0.2, 0.25) is 0 Å². The molecule has 4 aromatic heterocycles. The topological polar surface area (TPSA) is 285 Å². The Bertz CT molecular complexity index is 3850. The Hall–Kier alpha value is -9.07. The molecule has 2 saturated heterocycles. The van der Waals surface area contributed by atoms with Gasteiger partial charge in [-0.1, -0.05) is 46.4 Å². The molecule has 6 heterocycles. The third-order valence-corrected chi connectivity index (χ3v) is 15.4. The Kier molecular flexibility index (Phi) is 20.9. The van der Waals surface area contributed by atoms with Gasteiger partial charge in [-0.25, -0.2) is 34.7 Å². The van der Waals surface area contributed by atoms with Crippen LogP contribution in [0.5, 0.6) is 34.5 Å². The number of carbonyl (C=O) groups is 1. The highest BCUT2D eigenvalue weighted by atomic mass is 35.5. The number of carbonyl (C=O) groups excluding carboxylic acids is 1. The number of hydrogen-bond acceptors (Lipinski definition) is 21. The number of anilines is 4. The van der Waals surface area contributed by atoms with Crippen molar-refractivity contribution >= 4 is 86.9 Å². The number of nitrogens with one attached hydrogen (secondary N) is 3. The van der Waals surface area contributed by atoms with Crippen LogP contribution in [0.4, 0.5) is 39.2 Å². The number of aromatic nitrogens is 6. The second-order valence-corrected chi connectivity index (χ2v) is 22.8. The molecule has 8 aromatic rings. The summed E-state index contributed by atoms with van der Waals surface area (Å²) in [6.07, 6.45) is 6.02. The molecule has 2 aliphatic rings. The molecular formula is C61H60Cl4N12O12. The zero-order valence-electron chi connectivity index (χ0n) is 49.1. The molecule has 0 bridgehead atoms. The molecule has 0 saturated carbocycles. The third-order valence-electron chi connectivity index (χ3n) is 13.9. The van der Waals surface area contributed by atoms with Crippen molar-refractivity contribution in [3.63, 3.8) is 0 Å². The minimum Gasteiger partial charge on any atom is -0.495 e. The van der Waals surface area contributed by atoms with E-state index in [9.17, 15) is 25.0 Å². The summed E-state index contributed by atoms with van der Waals surface area (Å²) in [5.74, 6) is 3.61. The largest absolute Gasteiger partial charge is 0.495 e. The van der Waals surface area contributed by atoms with Gasteiger partial charge in [-0.2, -0.15) is 0 Å². The predicted octanol–water partition coefficient (Wildman–Crippen LogP) is 13.1. The lowest BCUT2D eigenvalue weighted by molar-refractivity contribution is -0.385. The van der Waals surface area contributed by atoms with E-state index in [-0.39, 0.29) is 56.3 Å². The average Bonchev–Trinajstić information content (AvgIpc) is 1.62. The Morgan fingerprint density at radius 3 is 1.38 bits per heavy atom. The van der Waals surface area contributed by atoms with Gasteiger partial charge in [-0.05, 0) is 81.4 Å². The first kappa shape index (κ1) is 64.4. The van der Waals surface area contributed by atoms with Crippen molar-refractivity contribution in [1.29, 1.82) is 0 Å². The van der Waals surface area contributed by atoms with Crippen molar-refractivity contribution in [2.45, 2.75) is 39.2 Å². The van der Waals surface area contributed by atoms with Gasteiger partial charge in [0.15, 0.2) is 0 Å². The smallest absolute Gasteiger partial charge is 0.410 e. The number of nitro benzene ring substituents is 2. The molecule has 28 heteroatoms. The molecule has 1 amide bonds. The second kappa shape index (κ2) is 28.8. The van der Waals surface area contributed by atoms with Crippen molar-refractivity contribution in [3.05, 3.63) is 173 Å². The van der Waals surface area contributed by atoms with Crippen LogP contribution in [0.3, 0.4) is 0 Å². The zero-order chi connectivity index (χ0) is 63.5. The second-order valence-electron chi connectivity index (χ2n) is 21.3. The highest BCUT2D eigenvalue weighted by molar-refractivity contribution is 6.42. The maximum Gasteiger partial charge on any atom is 0.410 e. The number of rotatable bonds is 22. The maximum atomic E-state index is 12.2. The molecular weight excluding hydrogens is 1230 g/mol. The van der Waals surface area contributed by atoms with Gasteiger partial charge in [0, 0.05) is 109 Å². The highest BCUT2D eigenvalue weighted by Gasteiger charge is 2.34. The number of methoxy groups -OCH3 is 4. The molecule has 2 aliphatic heterocycles. The lowest BCUT2D eigenvalue weighted by Crippen LogP contribution is -2.53. The number of amides is 1. The van der Waals surface area contributed by atoms with Crippen molar-refractivity contribution < 1.29 is 47.8 Å². The van der Waals surface area contributed by atoms with Crippen LogP contribution in [-0.2, 0) is 17.6 Å². The molecule has 0 spiro atoms. The third kappa shape index (κ3) is 15.8. The number of pyridine rings is 2. The van der Waals surface area contributed by atoms with Crippen LogP contribution in [-0.4, -0.2) is 124 Å². The summed E-state index contributed by atoms with van der Waals surface area (Å²) < 4.78 is 38.5. The van der Waals surface area contributed by atoms with Gasteiger partial charge in [0.25, 0.3) is 11.4 Å². The summed E-state index contributed by atoms with van der Waals surface area (Å²) >= 11 is 26.3. The van der Waals surface area contributed by atoms with Crippen LogP contribution in [0.25, 0.3) is 22.5 Å². The van der Waals surface area contributed by atoms with Gasteiger partial charge < -0.3 is 54.0 Å². The number of hydrogen-bond donors (Lipinski definition) is 3. The molecule has 3 N–H and O–H groups in total. The van der Waals surface area contributed by atoms with Gasteiger partial charge in [0.1, 0.15) is 84.5 Å². The fraction of sp³-hybridized carbons (Fsp3) is 0.295. The molecule has 24 nitrogen and oxygen atoms in total. The first-order valence-electron chi connectivity index (χ1n) is 27.5. The summed E-state index contributed by atoms with van der Waals surface area (Å²) in [7, 11) is 5.95. The number of benzene rings is 4. The predicted molar refractivity (Wildman–Crippen MR) is 337 cm³/mol.